The number of aromatic nitrogens is 1. The van der Waals surface area contributed by atoms with E-state index in [0.29, 0.717) is 29.6 Å². The highest BCUT2D eigenvalue weighted by Gasteiger charge is 2.27. The van der Waals surface area contributed by atoms with E-state index in [4.69, 9.17) is 16.3 Å². The summed E-state index contributed by atoms with van der Waals surface area (Å²) in [6, 6.07) is 16.4. The summed E-state index contributed by atoms with van der Waals surface area (Å²) in [6.45, 7) is 2.66. The molecule has 1 aromatic heterocycles. The highest BCUT2D eigenvalue weighted by molar-refractivity contribution is 6.30. The first-order valence-electron chi connectivity index (χ1n) is 11.7. The van der Waals surface area contributed by atoms with Crippen LogP contribution >= 0.6 is 11.6 Å². The molecular weight excluding hydrogens is 481 g/mol. The first-order valence-corrected chi connectivity index (χ1v) is 12.1. The molecule has 186 valence electrons. The monoisotopic (exact) mass is 507 g/mol. The van der Waals surface area contributed by atoms with E-state index in [9.17, 15) is 9.90 Å². The minimum absolute atomic E-state index is 0.0458. The molecule has 0 saturated carbocycles. The molecule has 1 aliphatic heterocycles. The first kappa shape index (κ1) is 25.7. The molecule has 3 aromatic rings. The number of carbonyl (C=O) groups excluding carboxylic acids is 1. The van der Waals surface area contributed by atoms with Gasteiger partial charge >= 0.3 is 0 Å². The van der Waals surface area contributed by atoms with Crippen molar-refractivity contribution in [2.24, 2.45) is 4.99 Å². The van der Waals surface area contributed by atoms with Crippen LogP contribution in [0.1, 0.15) is 34.1 Å². The van der Waals surface area contributed by atoms with Crippen LogP contribution in [0.2, 0.25) is 5.02 Å². The van der Waals surface area contributed by atoms with Crippen molar-refractivity contribution in [3.05, 3.63) is 106 Å². The largest absolute Gasteiger partial charge is 0.389 e. The van der Waals surface area contributed by atoms with Gasteiger partial charge in [0, 0.05) is 35.5 Å². The summed E-state index contributed by atoms with van der Waals surface area (Å²) in [5.41, 5.74) is 3.17. The molecule has 0 saturated heterocycles. The highest BCUT2D eigenvalue weighted by atomic mass is 35.5. The maximum absolute atomic E-state index is 15.1. The molecule has 0 aliphatic carbocycles. The predicted octanol–water partition coefficient (Wildman–Crippen LogP) is 4.50. The number of carbonyl (C=O) groups is 1. The van der Waals surface area contributed by atoms with E-state index < -0.39 is 23.9 Å². The van der Waals surface area contributed by atoms with Crippen LogP contribution in [0.3, 0.4) is 0 Å². The summed E-state index contributed by atoms with van der Waals surface area (Å²) >= 11 is 5.99. The van der Waals surface area contributed by atoms with E-state index >= 15 is 4.39 Å². The number of aliphatic hydroxyl groups is 1. The number of halogens is 2. The van der Waals surface area contributed by atoms with Crippen molar-refractivity contribution in [2.75, 3.05) is 19.8 Å². The number of allylic oxidation sites excluding steroid dienone is 1. The number of aliphatic hydroxyl groups excluding tert-OH is 1. The summed E-state index contributed by atoms with van der Waals surface area (Å²) < 4.78 is 20.4. The Hall–Kier alpha value is -3.39. The fraction of sp³-hybridized carbons (Fsp3) is 0.250. The molecule has 0 spiro atoms. The predicted molar refractivity (Wildman–Crippen MR) is 139 cm³/mol. The van der Waals surface area contributed by atoms with Gasteiger partial charge in [0.1, 0.15) is 5.82 Å². The molecule has 2 atom stereocenters. The summed E-state index contributed by atoms with van der Waals surface area (Å²) in [7, 11) is 0. The molecule has 36 heavy (non-hydrogen) atoms. The maximum atomic E-state index is 15.1. The van der Waals surface area contributed by atoms with Gasteiger partial charge in [-0.15, -0.1) is 0 Å². The third-order valence-electron chi connectivity index (χ3n) is 5.89. The number of nitrogens with one attached hydrogen (secondary N) is 1. The fourth-order valence-electron chi connectivity index (χ4n) is 4.02. The minimum Gasteiger partial charge on any atom is -0.389 e. The van der Waals surface area contributed by atoms with E-state index in [0.717, 1.165) is 11.1 Å². The molecule has 0 fully saturated rings. The maximum Gasteiger partial charge on any atom is 0.252 e. The zero-order valence-electron chi connectivity index (χ0n) is 19.8. The molecule has 2 heterocycles. The van der Waals surface area contributed by atoms with Crippen LogP contribution in [0.5, 0.6) is 0 Å². The lowest BCUT2D eigenvalue weighted by atomic mass is 9.98. The number of nitrogens with zero attached hydrogens (tertiary/aromatic N) is 2. The number of hydrogen-bond acceptors (Lipinski definition) is 5. The van der Waals surface area contributed by atoms with Crippen LogP contribution in [-0.4, -0.2) is 53.6 Å². The Morgan fingerprint density at radius 1 is 1.17 bits per heavy atom. The molecule has 0 unspecified atom stereocenters. The molecule has 2 N–H and O–H groups in total. The molecule has 1 aliphatic rings. The van der Waals surface area contributed by atoms with Gasteiger partial charge in [0.15, 0.2) is 0 Å². The van der Waals surface area contributed by atoms with E-state index in [1.807, 2.05) is 31.2 Å². The SMILES string of the molecule is CCOC[C@@H](O)[C@@H](Cc1ccccn1)NC(=O)c1cccc(F)c1C1=NCC(c2ccc(Cl)cc2)=C1. The Morgan fingerprint density at radius 2 is 1.97 bits per heavy atom. The highest BCUT2D eigenvalue weighted by Crippen LogP contribution is 2.26. The lowest BCUT2D eigenvalue weighted by Crippen LogP contribution is -2.47. The standard InChI is InChI=1S/C28H27ClFN3O3/c1-2-36-17-26(34)24(15-21-6-3-4-13-31-21)33-28(35)22-7-5-8-23(30)27(22)25-14-19(16-32-25)18-9-11-20(29)12-10-18/h3-14,24,26,34H,2,15-17H2,1H3,(H,33,35)/t24-,26-/m1/s1. The first-order chi connectivity index (χ1) is 17.5. The summed E-state index contributed by atoms with van der Waals surface area (Å²) in [5.74, 6) is -1.07. The van der Waals surface area contributed by atoms with Gasteiger partial charge in [-0.1, -0.05) is 35.9 Å². The number of pyridine rings is 1. The van der Waals surface area contributed by atoms with Gasteiger partial charge in [-0.05, 0) is 60.5 Å². The molecule has 2 aromatic carbocycles. The van der Waals surface area contributed by atoms with Gasteiger partial charge in [0.05, 0.1) is 36.6 Å². The topological polar surface area (TPSA) is 83.8 Å². The Morgan fingerprint density at radius 3 is 2.69 bits per heavy atom. The fourth-order valence-corrected chi connectivity index (χ4v) is 4.14. The molecule has 8 heteroatoms. The normalized spacial score (nSPS) is 14.7. The average Bonchev–Trinajstić information content (AvgIpc) is 3.37. The Labute approximate surface area is 214 Å². The number of amides is 1. The molecule has 0 bridgehead atoms. The number of aliphatic imine (C=N–C) groups is 1. The second-order valence-corrected chi connectivity index (χ2v) is 8.81. The Bertz CT molecular complexity index is 1260. The van der Waals surface area contributed by atoms with Gasteiger partial charge in [0.2, 0.25) is 0 Å². The Balaban J connectivity index is 1.60. The van der Waals surface area contributed by atoms with Crippen LogP contribution in [0.15, 0.2) is 77.9 Å². The van der Waals surface area contributed by atoms with Crippen molar-refractivity contribution in [3.63, 3.8) is 0 Å². The molecule has 0 radical (unpaired) electrons. The average molecular weight is 508 g/mol. The van der Waals surface area contributed by atoms with Crippen LogP contribution < -0.4 is 5.32 Å². The van der Waals surface area contributed by atoms with Crippen molar-refractivity contribution < 1.29 is 19.0 Å². The molecule has 6 nitrogen and oxygen atoms in total. The Kier molecular flexibility index (Phi) is 8.59. The van der Waals surface area contributed by atoms with Crippen molar-refractivity contribution in [3.8, 4) is 0 Å². The van der Waals surface area contributed by atoms with Crippen molar-refractivity contribution >= 4 is 28.8 Å². The van der Waals surface area contributed by atoms with E-state index in [-0.39, 0.29) is 24.2 Å². The van der Waals surface area contributed by atoms with E-state index in [1.54, 1.807) is 36.5 Å². The summed E-state index contributed by atoms with van der Waals surface area (Å²) in [5, 5.41) is 14.2. The summed E-state index contributed by atoms with van der Waals surface area (Å²) in [6.07, 6.45) is 2.74. The lowest BCUT2D eigenvalue weighted by molar-refractivity contribution is 0.0206. The van der Waals surface area contributed by atoms with E-state index in [2.05, 4.69) is 15.3 Å². The molecule has 1 amide bonds. The number of benzene rings is 2. The van der Waals surface area contributed by atoms with Crippen molar-refractivity contribution in [1.29, 1.82) is 0 Å². The minimum atomic E-state index is -0.979. The van der Waals surface area contributed by atoms with Crippen molar-refractivity contribution in [1.82, 2.24) is 10.3 Å². The number of hydrogen-bond donors (Lipinski definition) is 2. The van der Waals surface area contributed by atoms with Crippen LogP contribution in [0.25, 0.3) is 5.57 Å². The van der Waals surface area contributed by atoms with Gasteiger partial charge in [-0.3, -0.25) is 14.8 Å². The van der Waals surface area contributed by atoms with Crippen molar-refractivity contribution in [2.45, 2.75) is 25.5 Å². The zero-order chi connectivity index (χ0) is 25.5. The van der Waals surface area contributed by atoms with Crippen LogP contribution in [-0.2, 0) is 11.2 Å². The number of ether oxygens (including phenoxy) is 1. The smallest absolute Gasteiger partial charge is 0.252 e. The molecular formula is C28H27ClFN3O3. The van der Waals surface area contributed by atoms with E-state index in [1.165, 1.54) is 12.1 Å². The van der Waals surface area contributed by atoms with Crippen LogP contribution in [0, 0.1) is 5.82 Å². The zero-order valence-corrected chi connectivity index (χ0v) is 20.6. The second-order valence-electron chi connectivity index (χ2n) is 8.37. The third-order valence-corrected chi connectivity index (χ3v) is 6.14. The van der Waals surface area contributed by atoms with Gasteiger partial charge in [-0.25, -0.2) is 4.39 Å². The van der Waals surface area contributed by atoms with Gasteiger partial charge < -0.3 is 15.2 Å². The second kappa shape index (κ2) is 12.0. The quantitative estimate of drug-likeness (QED) is 0.423. The third kappa shape index (κ3) is 6.23. The lowest BCUT2D eigenvalue weighted by Gasteiger charge is -2.24. The summed E-state index contributed by atoms with van der Waals surface area (Å²) in [4.78, 5) is 22.2. The van der Waals surface area contributed by atoms with Gasteiger partial charge in [0.25, 0.3) is 5.91 Å². The number of rotatable bonds is 10. The molecule has 4 rings (SSSR count). The van der Waals surface area contributed by atoms with Crippen LogP contribution in [0.4, 0.5) is 4.39 Å². The van der Waals surface area contributed by atoms with Gasteiger partial charge in [-0.2, -0.15) is 0 Å².